The zero-order valence-electron chi connectivity index (χ0n) is 8.80. The van der Waals surface area contributed by atoms with E-state index in [2.05, 4.69) is 0 Å². The summed E-state index contributed by atoms with van der Waals surface area (Å²) in [5.74, 6) is 0. The van der Waals surface area contributed by atoms with Crippen molar-refractivity contribution in [3.8, 4) is 0 Å². The minimum atomic E-state index is -4.15. The molecule has 16 heavy (non-hydrogen) atoms. The zero-order chi connectivity index (χ0) is 12.5. The minimum Gasteiger partial charge on any atom is -0.388 e. The van der Waals surface area contributed by atoms with E-state index in [0.29, 0.717) is 0 Å². The maximum Gasteiger partial charge on any atom is 0.325 e. The van der Waals surface area contributed by atoms with E-state index in [0.717, 1.165) is 0 Å². The summed E-state index contributed by atoms with van der Waals surface area (Å²) < 4.78 is 15.8. The van der Waals surface area contributed by atoms with Crippen LogP contribution >= 0.6 is 7.60 Å². The molecule has 0 aromatic carbocycles. The molecule has 96 valence electrons. The Morgan fingerprint density at radius 2 is 1.69 bits per heavy atom. The number of hydrogen-bond donors (Lipinski definition) is 5. The molecule has 0 saturated carbocycles. The highest BCUT2D eigenvalue weighted by Crippen LogP contribution is 2.37. The van der Waals surface area contributed by atoms with Gasteiger partial charge in [0.1, 0.15) is 18.3 Å². The Balaban J connectivity index is 2.57. The van der Waals surface area contributed by atoms with Crippen molar-refractivity contribution in [1.82, 2.24) is 0 Å². The van der Waals surface area contributed by atoms with Crippen LogP contribution in [0.3, 0.4) is 0 Å². The maximum atomic E-state index is 10.7. The van der Waals surface area contributed by atoms with Crippen molar-refractivity contribution in [2.45, 2.75) is 43.9 Å². The molecular weight excluding hydrogens is 239 g/mol. The quantitative estimate of drug-likeness (QED) is 0.386. The topological polar surface area (TPSA) is 127 Å². The van der Waals surface area contributed by atoms with Crippen molar-refractivity contribution in [1.29, 1.82) is 0 Å². The molecule has 0 aromatic rings. The fourth-order valence-electron chi connectivity index (χ4n) is 1.67. The Bertz CT molecular complexity index is 278. The molecule has 0 aromatic heterocycles. The molecule has 1 fully saturated rings. The fraction of sp³-hybridized carbons (Fsp3) is 1.00. The lowest BCUT2D eigenvalue weighted by atomic mass is 9.94. The van der Waals surface area contributed by atoms with Crippen LogP contribution in [-0.4, -0.2) is 61.8 Å². The Labute approximate surface area is 92.8 Å². The van der Waals surface area contributed by atoms with Crippen molar-refractivity contribution in [2.24, 2.45) is 0 Å². The first-order valence-corrected chi connectivity index (χ1v) is 6.76. The van der Waals surface area contributed by atoms with E-state index < -0.39 is 44.3 Å². The largest absolute Gasteiger partial charge is 0.388 e. The summed E-state index contributed by atoms with van der Waals surface area (Å²) in [6.07, 6.45) is -5.94. The molecule has 5 atom stereocenters. The number of aliphatic hydroxyl groups excluding tert-OH is 3. The van der Waals surface area contributed by atoms with Crippen molar-refractivity contribution in [3.63, 3.8) is 0 Å². The van der Waals surface area contributed by atoms with Crippen LogP contribution in [0, 0.1) is 0 Å². The van der Waals surface area contributed by atoms with Gasteiger partial charge in [-0.1, -0.05) is 0 Å². The summed E-state index contributed by atoms with van der Waals surface area (Å²) in [7, 11) is -4.15. The number of ether oxygens (including phenoxy) is 1. The summed E-state index contributed by atoms with van der Waals surface area (Å²) in [4.78, 5) is 17.4. The lowest BCUT2D eigenvalue weighted by molar-refractivity contribution is -0.217. The summed E-state index contributed by atoms with van der Waals surface area (Å²) in [5.41, 5.74) is 0. The number of rotatable bonds is 3. The SMILES string of the molecule is CC1OC(CCP(=O)(O)O)[C@@H](O)[C@H](O)[C@@H]1O. The molecular formula is C8H17O7P. The van der Waals surface area contributed by atoms with Crippen LogP contribution in [0.25, 0.3) is 0 Å². The fourth-order valence-corrected chi connectivity index (χ4v) is 2.26. The van der Waals surface area contributed by atoms with Gasteiger partial charge in [0.15, 0.2) is 0 Å². The monoisotopic (exact) mass is 256 g/mol. The highest BCUT2D eigenvalue weighted by Gasteiger charge is 2.41. The average molecular weight is 256 g/mol. The summed E-state index contributed by atoms with van der Waals surface area (Å²) >= 11 is 0. The normalized spacial score (nSPS) is 41.0. The van der Waals surface area contributed by atoms with Crippen LogP contribution in [-0.2, 0) is 9.30 Å². The molecule has 0 radical (unpaired) electrons. The lowest BCUT2D eigenvalue weighted by Gasteiger charge is -2.39. The third-order valence-electron chi connectivity index (χ3n) is 2.66. The molecule has 5 N–H and O–H groups in total. The van der Waals surface area contributed by atoms with E-state index in [-0.39, 0.29) is 6.42 Å². The van der Waals surface area contributed by atoms with Crippen molar-refractivity contribution < 1.29 is 34.4 Å². The highest BCUT2D eigenvalue weighted by molar-refractivity contribution is 7.51. The van der Waals surface area contributed by atoms with Crippen LogP contribution in [0.4, 0.5) is 0 Å². The minimum absolute atomic E-state index is 0.0699. The third kappa shape index (κ3) is 3.49. The summed E-state index contributed by atoms with van der Waals surface area (Å²) in [6, 6.07) is 0. The van der Waals surface area contributed by atoms with Gasteiger partial charge in [0, 0.05) is 0 Å². The van der Waals surface area contributed by atoms with Crippen molar-refractivity contribution in [3.05, 3.63) is 0 Å². The van der Waals surface area contributed by atoms with Gasteiger partial charge in [-0.3, -0.25) is 4.57 Å². The lowest BCUT2D eigenvalue weighted by Crippen LogP contribution is -2.56. The predicted octanol–water partition coefficient (Wildman–Crippen LogP) is -1.58. The Morgan fingerprint density at radius 1 is 1.12 bits per heavy atom. The molecule has 0 aliphatic carbocycles. The zero-order valence-corrected chi connectivity index (χ0v) is 9.70. The molecule has 1 aliphatic heterocycles. The predicted molar refractivity (Wildman–Crippen MR) is 53.9 cm³/mol. The first-order valence-electron chi connectivity index (χ1n) is 4.96. The van der Waals surface area contributed by atoms with Gasteiger partial charge in [0.25, 0.3) is 0 Å². The molecule has 1 saturated heterocycles. The van der Waals surface area contributed by atoms with E-state index in [9.17, 15) is 19.9 Å². The van der Waals surface area contributed by atoms with Crippen LogP contribution in [0.1, 0.15) is 13.3 Å². The van der Waals surface area contributed by atoms with E-state index >= 15 is 0 Å². The molecule has 2 unspecified atom stereocenters. The Hall–Kier alpha value is -0.0100. The molecule has 1 aliphatic rings. The second-order valence-electron chi connectivity index (χ2n) is 4.03. The highest BCUT2D eigenvalue weighted by atomic mass is 31.2. The van der Waals surface area contributed by atoms with E-state index in [1.165, 1.54) is 6.92 Å². The molecule has 8 heteroatoms. The van der Waals surface area contributed by atoms with E-state index in [1.54, 1.807) is 0 Å². The number of hydrogen-bond acceptors (Lipinski definition) is 5. The molecule has 0 spiro atoms. The van der Waals surface area contributed by atoms with Gasteiger partial charge in [-0.05, 0) is 13.3 Å². The molecule has 0 bridgehead atoms. The standard InChI is InChI=1S/C8H17O7P/c1-4-6(9)8(11)7(10)5(15-4)2-3-16(12,13)14/h4-11H,2-3H2,1H3,(H2,12,13,14)/t4?,5?,6-,7-,8-/m1/s1. The van der Waals surface area contributed by atoms with Gasteiger partial charge < -0.3 is 29.8 Å². The maximum absolute atomic E-state index is 10.7. The molecule has 1 heterocycles. The van der Waals surface area contributed by atoms with Crippen LogP contribution in [0.5, 0.6) is 0 Å². The first-order chi connectivity index (χ1) is 7.22. The molecule has 1 rings (SSSR count). The van der Waals surface area contributed by atoms with E-state index in [4.69, 9.17) is 14.5 Å². The Morgan fingerprint density at radius 3 is 2.19 bits per heavy atom. The van der Waals surface area contributed by atoms with Gasteiger partial charge in [0.05, 0.1) is 18.4 Å². The van der Waals surface area contributed by atoms with Gasteiger partial charge in [-0.25, -0.2) is 0 Å². The second-order valence-corrected chi connectivity index (χ2v) is 5.80. The number of aliphatic hydroxyl groups is 3. The molecule has 0 amide bonds. The second kappa shape index (κ2) is 5.10. The van der Waals surface area contributed by atoms with Gasteiger partial charge >= 0.3 is 7.60 Å². The summed E-state index contributed by atoms with van der Waals surface area (Å²) in [6.45, 7) is 1.52. The molecule has 7 nitrogen and oxygen atoms in total. The van der Waals surface area contributed by atoms with E-state index in [1.807, 2.05) is 0 Å². The van der Waals surface area contributed by atoms with Crippen LogP contribution < -0.4 is 0 Å². The van der Waals surface area contributed by atoms with Crippen molar-refractivity contribution >= 4 is 7.60 Å². The van der Waals surface area contributed by atoms with Crippen LogP contribution in [0.2, 0.25) is 0 Å². The van der Waals surface area contributed by atoms with Gasteiger partial charge in [-0.15, -0.1) is 0 Å². The first kappa shape index (κ1) is 14.1. The smallest absolute Gasteiger partial charge is 0.325 e. The average Bonchev–Trinajstić information content (AvgIpc) is 2.17. The third-order valence-corrected chi connectivity index (χ3v) is 3.50. The van der Waals surface area contributed by atoms with Crippen molar-refractivity contribution in [2.75, 3.05) is 6.16 Å². The summed E-state index contributed by atoms with van der Waals surface area (Å²) in [5, 5.41) is 28.4. The van der Waals surface area contributed by atoms with Crippen LogP contribution in [0.15, 0.2) is 0 Å². The van der Waals surface area contributed by atoms with Gasteiger partial charge in [0.2, 0.25) is 0 Å². The Kier molecular flexibility index (Phi) is 4.48. The van der Waals surface area contributed by atoms with Gasteiger partial charge in [-0.2, -0.15) is 0 Å².